The molecule has 0 atom stereocenters. The van der Waals surface area contributed by atoms with E-state index in [2.05, 4.69) is 9.72 Å². The number of methoxy groups -OCH3 is 1. The minimum absolute atomic E-state index is 0.133. The molecule has 0 spiro atoms. The molecule has 23 heavy (non-hydrogen) atoms. The minimum atomic E-state index is -3.60. The van der Waals surface area contributed by atoms with Gasteiger partial charge in [-0.15, -0.1) is 0 Å². The molecule has 2 aromatic rings. The third-order valence-corrected chi connectivity index (χ3v) is 5.26. The first-order chi connectivity index (χ1) is 10.9. The molecule has 0 fully saturated rings. The van der Waals surface area contributed by atoms with Crippen molar-refractivity contribution in [1.29, 1.82) is 0 Å². The Morgan fingerprint density at radius 1 is 1.17 bits per heavy atom. The van der Waals surface area contributed by atoms with Crippen LogP contribution in [0.1, 0.15) is 16.1 Å². The summed E-state index contributed by atoms with van der Waals surface area (Å²) in [6, 6.07) is 11.2. The zero-order valence-electron chi connectivity index (χ0n) is 13.0. The van der Waals surface area contributed by atoms with Gasteiger partial charge in [0.15, 0.2) is 0 Å². The minimum Gasteiger partial charge on any atom is -0.465 e. The number of hydrogen-bond donors (Lipinski definition) is 0. The first-order valence-electron chi connectivity index (χ1n) is 7.00. The number of benzene rings is 1. The predicted octanol–water partition coefficient (Wildman–Crippen LogP) is 1.73. The summed E-state index contributed by atoms with van der Waals surface area (Å²) in [5, 5.41) is 0. The number of hydrogen-bond acceptors (Lipinski definition) is 5. The number of sulfonamides is 1. The Labute approximate surface area is 135 Å². The van der Waals surface area contributed by atoms with Gasteiger partial charge in [-0.1, -0.05) is 6.07 Å². The molecule has 0 aliphatic rings. The Balaban J connectivity index is 2.09. The third kappa shape index (κ3) is 4.14. The lowest BCUT2D eigenvalue weighted by Gasteiger charge is -2.17. The molecule has 0 amide bonds. The molecule has 6 nitrogen and oxygen atoms in total. The summed E-state index contributed by atoms with van der Waals surface area (Å²) in [5.41, 5.74) is 1.14. The van der Waals surface area contributed by atoms with E-state index in [4.69, 9.17) is 0 Å². The van der Waals surface area contributed by atoms with Crippen LogP contribution in [0, 0.1) is 0 Å². The Morgan fingerprint density at radius 3 is 2.43 bits per heavy atom. The lowest BCUT2D eigenvalue weighted by molar-refractivity contribution is 0.0600. The molecular formula is C16H18N2O4S. The van der Waals surface area contributed by atoms with E-state index in [-0.39, 0.29) is 4.90 Å². The van der Waals surface area contributed by atoms with E-state index >= 15 is 0 Å². The molecule has 0 aliphatic carbocycles. The van der Waals surface area contributed by atoms with Gasteiger partial charge < -0.3 is 4.74 Å². The van der Waals surface area contributed by atoms with Gasteiger partial charge in [-0.2, -0.15) is 0 Å². The van der Waals surface area contributed by atoms with Gasteiger partial charge in [0.25, 0.3) is 0 Å². The molecule has 2 rings (SSSR count). The number of pyridine rings is 1. The maximum Gasteiger partial charge on any atom is 0.337 e. The van der Waals surface area contributed by atoms with E-state index in [1.54, 1.807) is 6.20 Å². The number of rotatable bonds is 6. The van der Waals surface area contributed by atoms with Crippen molar-refractivity contribution in [3.63, 3.8) is 0 Å². The molecular weight excluding hydrogens is 316 g/mol. The van der Waals surface area contributed by atoms with Crippen LogP contribution >= 0.6 is 0 Å². The summed E-state index contributed by atoms with van der Waals surface area (Å²) in [6.07, 6.45) is 2.20. The number of nitrogens with zero attached hydrogens (tertiary/aromatic N) is 2. The lowest BCUT2D eigenvalue weighted by atomic mass is 10.2. The van der Waals surface area contributed by atoms with Crippen LogP contribution in [0.15, 0.2) is 53.6 Å². The van der Waals surface area contributed by atoms with E-state index in [0.29, 0.717) is 18.5 Å². The van der Waals surface area contributed by atoms with Crippen LogP contribution in [-0.4, -0.2) is 44.4 Å². The molecule has 1 aromatic heterocycles. The highest BCUT2D eigenvalue weighted by atomic mass is 32.2. The summed E-state index contributed by atoms with van der Waals surface area (Å²) >= 11 is 0. The van der Waals surface area contributed by atoms with Crippen molar-refractivity contribution in [2.45, 2.75) is 11.3 Å². The maximum atomic E-state index is 12.5. The van der Waals surface area contributed by atoms with Crippen LogP contribution < -0.4 is 0 Å². The molecule has 1 heterocycles. The van der Waals surface area contributed by atoms with Crippen LogP contribution in [0.25, 0.3) is 0 Å². The van der Waals surface area contributed by atoms with E-state index in [9.17, 15) is 13.2 Å². The van der Waals surface area contributed by atoms with E-state index in [1.165, 1.54) is 42.7 Å². The zero-order chi connectivity index (χ0) is 16.9. The fourth-order valence-electron chi connectivity index (χ4n) is 2.00. The van der Waals surface area contributed by atoms with Gasteiger partial charge in [-0.05, 0) is 36.4 Å². The summed E-state index contributed by atoms with van der Waals surface area (Å²) in [5.74, 6) is -0.502. The highest BCUT2D eigenvalue weighted by molar-refractivity contribution is 7.89. The van der Waals surface area contributed by atoms with Crippen molar-refractivity contribution in [3.8, 4) is 0 Å². The summed E-state index contributed by atoms with van der Waals surface area (Å²) in [6.45, 7) is 0.318. The van der Waals surface area contributed by atoms with Gasteiger partial charge in [0.05, 0.1) is 17.6 Å². The van der Waals surface area contributed by atoms with E-state index < -0.39 is 16.0 Å². The summed E-state index contributed by atoms with van der Waals surface area (Å²) in [7, 11) is -0.808. The molecule has 0 bridgehead atoms. The first kappa shape index (κ1) is 17.1. The van der Waals surface area contributed by atoms with E-state index in [0.717, 1.165) is 5.69 Å². The topological polar surface area (TPSA) is 76.6 Å². The number of carbonyl (C=O) groups is 1. The van der Waals surface area contributed by atoms with Crippen LogP contribution in [-0.2, 0) is 21.2 Å². The number of carbonyl (C=O) groups excluding carboxylic acids is 1. The van der Waals surface area contributed by atoms with Crippen LogP contribution in [0.2, 0.25) is 0 Å². The number of ether oxygens (including phenoxy) is 1. The van der Waals surface area contributed by atoms with Crippen molar-refractivity contribution >= 4 is 16.0 Å². The molecule has 122 valence electrons. The highest BCUT2D eigenvalue weighted by Gasteiger charge is 2.21. The van der Waals surface area contributed by atoms with Gasteiger partial charge >= 0.3 is 5.97 Å². The Bertz CT molecular complexity index is 758. The van der Waals surface area contributed by atoms with Crippen molar-refractivity contribution in [3.05, 3.63) is 59.9 Å². The number of aromatic nitrogens is 1. The second-order valence-corrected chi connectivity index (χ2v) is 6.96. The van der Waals surface area contributed by atoms with Gasteiger partial charge in [-0.25, -0.2) is 17.5 Å². The fraction of sp³-hybridized carbons (Fsp3) is 0.250. The van der Waals surface area contributed by atoms with E-state index in [1.807, 2.05) is 18.2 Å². The highest BCUT2D eigenvalue weighted by Crippen LogP contribution is 2.16. The first-order valence-corrected chi connectivity index (χ1v) is 8.44. The van der Waals surface area contributed by atoms with Gasteiger partial charge in [0, 0.05) is 31.9 Å². The Morgan fingerprint density at radius 2 is 1.87 bits per heavy atom. The lowest BCUT2D eigenvalue weighted by Crippen LogP contribution is -2.29. The molecule has 1 aromatic carbocycles. The molecule has 7 heteroatoms. The largest absolute Gasteiger partial charge is 0.465 e. The van der Waals surface area contributed by atoms with Crippen molar-refractivity contribution in [2.24, 2.45) is 0 Å². The van der Waals surface area contributed by atoms with Crippen molar-refractivity contribution in [2.75, 3.05) is 20.7 Å². The third-order valence-electron chi connectivity index (χ3n) is 3.39. The normalized spacial score (nSPS) is 11.4. The number of likely N-dealkylation sites (N-methyl/N-ethyl adjacent to an activating group) is 1. The van der Waals surface area contributed by atoms with Gasteiger partial charge in [-0.3, -0.25) is 4.98 Å². The van der Waals surface area contributed by atoms with Crippen molar-refractivity contribution < 1.29 is 17.9 Å². The monoisotopic (exact) mass is 334 g/mol. The predicted molar refractivity (Wildman–Crippen MR) is 85.5 cm³/mol. The second kappa shape index (κ2) is 7.34. The second-order valence-electron chi connectivity index (χ2n) is 4.91. The summed E-state index contributed by atoms with van der Waals surface area (Å²) < 4.78 is 30.9. The van der Waals surface area contributed by atoms with Crippen molar-refractivity contribution in [1.82, 2.24) is 9.29 Å². The fourth-order valence-corrected chi connectivity index (χ4v) is 3.17. The maximum absolute atomic E-state index is 12.5. The Hall–Kier alpha value is -2.25. The van der Waals surface area contributed by atoms with Crippen LogP contribution in [0.5, 0.6) is 0 Å². The standard InChI is InChI=1S/C16H18N2O4S/c1-18(12-10-14-5-3-4-11-17-14)23(20,21)15-8-6-13(7-9-15)16(19)22-2/h3-9,11H,10,12H2,1-2H3. The molecule has 0 aliphatic heterocycles. The summed E-state index contributed by atoms with van der Waals surface area (Å²) in [4.78, 5) is 15.7. The van der Waals surface area contributed by atoms with Gasteiger partial charge in [0.1, 0.15) is 0 Å². The SMILES string of the molecule is COC(=O)c1ccc(S(=O)(=O)N(C)CCc2ccccn2)cc1. The van der Waals surface area contributed by atoms with Crippen LogP contribution in [0.3, 0.4) is 0 Å². The molecule has 0 N–H and O–H groups in total. The number of esters is 1. The zero-order valence-corrected chi connectivity index (χ0v) is 13.8. The smallest absolute Gasteiger partial charge is 0.337 e. The van der Waals surface area contributed by atoms with Crippen LogP contribution in [0.4, 0.5) is 0 Å². The quantitative estimate of drug-likeness (QED) is 0.752. The average molecular weight is 334 g/mol. The molecule has 0 unspecified atom stereocenters. The average Bonchev–Trinajstić information content (AvgIpc) is 2.59. The van der Waals surface area contributed by atoms with Gasteiger partial charge in [0.2, 0.25) is 10.0 Å². The molecule has 0 radical (unpaired) electrons. The molecule has 0 saturated carbocycles. The Kier molecular flexibility index (Phi) is 5.46. The molecule has 0 saturated heterocycles.